The monoisotopic (exact) mass is 438 g/mol. The number of carbonyl (C=O) groups excluding carboxylic acids is 2. The summed E-state index contributed by atoms with van der Waals surface area (Å²) in [6, 6.07) is 5.12. The predicted molar refractivity (Wildman–Crippen MR) is 92.8 cm³/mol. The fourth-order valence-corrected chi connectivity index (χ4v) is 4.06. The molecule has 2 aromatic rings. The number of aromatic nitrogens is 1. The Labute approximate surface area is 149 Å². The molecule has 1 aromatic heterocycles. The number of imide groups is 1. The van der Waals surface area contributed by atoms with Crippen molar-refractivity contribution < 1.29 is 14.3 Å². The largest absolute Gasteiger partial charge is 0.494 e. The maximum absolute atomic E-state index is 12.9. The first-order valence-electron chi connectivity index (χ1n) is 6.86. The highest BCUT2D eigenvalue weighted by molar-refractivity contribution is 9.11. The van der Waals surface area contributed by atoms with E-state index in [9.17, 15) is 9.59 Å². The molecule has 1 aromatic carbocycles. The van der Waals surface area contributed by atoms with Crippen LogP contribution in [0.4, 0.5) is 5.69 Å². The lowest BCUT2D eigenvalue weighted by Gasteiger charge is -2.27. The quantitative estimate of drug-likeness (QED) is 0.669. The average Bonchev–Trinajstić information content (AvgIpc) is 2.54. The molecule has 0 bridgehead atoms. The Morgan fingerprint density at radius 2 is 1.96 bits per heavy atom. The van der Waals surface area contributed by atoms with Crippen LogP contribution in [-0.2, 0) is 11.2 Å². The van der Waals surface area contributed by atoms with Gasteiger partial charge in [0.25, 0.3) is 5.91 Å². The fraction of sp³-hybridized carbons (Fsp3) is 0.188. The standard InChI is InChI=1S/C16H12Br2N2O3/c1-23-15-11(17)6-10(7-12(15)18)16(22)20-13-8-19-5-4-9(13)2-3-14(20)21/h4-8H,2-3H2,1H3. The maximum atomic E-state index is 12.9. The zero-order chi connectivity index (χ0) is 16.6. The van der Waals surface area contributed by atoms with Crippen LogP contribution in [0.2, 0.25) is 0 Å². The molecule has 7 heteroatoms. The molecule has 3 rings (SSSR count). The normalized spacial score (nSPS) is 13.7. The fourth-order valence-electron chi connectivity index (χ4n) is 2.55. The minimum Gasteiger partial charge on any atom is -0.494 e. The Morgan fingerprint density at radius 3 is 2.61 bits per heavy atom. The van der Waals surface area contributed by atoms with Gasteiger partial charge in [-0.1, -0.05) is 0 Å². The second-order valence-electron chi connectivity index (χ2n) is 5.01. The molecular formula is C16H12Br2N2O3. The Bertz CT molecular complexity index is 785. The minimum absolute atomic E-state index is 0.224. The van der Waals surface area contributed by atoms with E-state index in [1.165, 1.54) is 4.90 Å². The summed E-state index contributed by atoms with van der Waals surface area (Å²) >= 11 is 6.75. The average molecular weight is 440 g/mol. The Kier molecular flexibility index (Phi) is 4.50. The number of amides is 2. The van der Waals surface area contributed by atoms with Gasteiger partial charge >= 0.3 is 0 Å². The molecule has 0 radical (unpaired) electrons. The molecule has 0 unspecified atom stereocenters. The molecule has 1 aliphatic heterocycles. The van der Waals surface area contributed by atoms with Crippen LogP contribution in [0.1, 0.15) is 22.3 Å². The first-order valence-corrected chi connectivity index (χ1v) is 8.44. The Hall–Kier alpha value is -1.73. The van der Waals surface area contributed by atoms with E-state index in [0.717, 1.165) is 5.56 Å². The van der Waals surface area contributed by atoms with E-state index in [1.54, 1.807) is 31.6 Å². The molecule has 1 aliphatic rings. The summed E-state index contributed by atoms with van der Waals surface area (Å²) in [6.07, 6.45) is 4.15. The van der Waals surface area contributed by atoms with Crippen LogP contribution in [-0.4, -0.2) is 23.9 Å². The number of carbonyl (C=O) groups is 2. The molecular weight excluding hydrogens is 428 g/mol. The zero-order valence-corrected chi connectivity index (χ0v) is 15.3. The van der Waals surface area contributed by atoms with E-state index in [2.05, 4.69) is 36.8 Å². The highest BCUT2D eigenvalue weighted by atomic mass is 79.9. The minimum atomic E-state index is -0.381. The third-order valence-corrected chi connectivity index (χ3v) is 4.82. The number of aryl methyl sites for hydroxylation is 1. The number of hydrogen-bond acceptors (Lipinski definition) is 4. The van der Waals surface area contributed by atoms with Crippen molar-refractivity contribution >= 4 is 49.4 Å². The highest BCUT2D eigenvalue weighted by Gasteiger charge is 2.31. The van der Waals surface area contributed by atoms with Crippen LogP contribution < -0.4 is 9.64 Å². The summed E-state index contributed by atoms with van der Waals surface area (Å²) in [5, 5.41) is 0. The summed E-state index contributed by atoms with van der Waals surface area (Å²) in [5.74, 6) is -0.0137. The van der Waals surface area contributed by atoms with Gasteiger partial charge in [-0.15, -0.1) is 0 Å². The van der Waals surface area contributed by atoms with Gasteiger partial charge < -0.3 is 4.74 Å². The SMILES string of the molecule is COc1c(Br)cc(C(=O)N2C(=O)CCc3ccncc32)cc1Br. The molecule has 0 saturated carbocycles. The summed E-state index contributed by atoms with van der Waals surface area (Å²) < 4.78 is 6.50. The number of rotatable bonds is 2. The number of hydrogen-bond donors (Lipinski definition) is 0. The second kappa shape index (κ2) is 6.41. The van der Waals surface area contributed by atoms with Crippen molar-refractivity contribution in [1.82, 2.24) is 4.98 Å². The van der Waals surface area contributed by atoms with E-state index >= 15 is 0 Å². The highest BCUT2D eigenvalue weighted by Crippen LogP contribution is 2.36. The second-order valence-corrected chi connectivity index (χ2v) is 6.72. The van der Waals surface area contributed by atoms with Crippen molar-refractivity contribution in [3.63, 3.8) is 0 Å². The van der Waals surface area contributed by atoms with E-state index in [-0.39, 0.29) is 11.8 Å². The smallest absolute Gasteiger partial charge is 0.265 e. The van der Waals surface area contributed by atoms with Crippen molar-refractivity contribution in [3.05, 3.63) is 50.7 Å². The van der Waals surface area contributed by atoms with Gasteiger partial charge in [0.05, 0.1) is 27.9 Å². The third kappa shape index (κ3) is 2.90. The molecule has 2 amide bonds. The number of fused-ring (bicyclic) bond motifs is 1. The molecule has 118 valence electrons. The summed E-state index contributed by atoms with van der Waals surface area (Å²) in [7, 11) is 1.54. The predicted octanol–water partition coefficient (Wildman–Crippen LogP) is 3.73. The van der Waals surface area contributed by atoms with Crippen LogP contribution in [0, 0.1) is 0 Å². The molecule has 23 heavy (non-hydrogen) atoms. The van der Waals surface area contributed by atoms with Crippen molar-refractivity contribution in [2.45, 2.75) is 12.8 Å². The lowest BCUT2D eigenvalue weighted by Crippen LogP contribution is -2.40. The van der Waals surface area contributed by atoms with Crippen molar-refractivity contribution in [2.24, 2.45) is 0 Å². The van der Waals surface area contributed by atoms with Crippen LogP contribution in [0.5, 0.6) is 5.75 Å². The van der Waals surface area contributed by atoms with Crippen LogP contribution in [0.25, 0.3) is 0 Å². The Morgan fingerprint density at radius 1 is 1.26 bits per heavy atom. The lowest BCUT2D eigenvalue weighted by molar-refractivity contribution is -0.118. The van der Waals surface area contributed by atoms with Gasteiger partial charge in [0.15, 0.2) is 0 Å². The Balaban J connectivity index is 2.05. The molecule has 0 spiro atoms. The third-order valence-electron chi connectivity index (χ3n) is 3.64. The van der Waals surface area contributed by atoms with E-state index < -0.39 is 0 Å². The summed E-state index contributed by atoms with van der Waals surface area (Å²) in [5.41, 5.74) is 1.88. The van der Waals surface area contributed by atoms with E-state index in [4.69, 9.17) is 4.74 Å². The van der Waals surface area contributed by atoms with Gasteiger partial charge in [0.1, 0.15) is 5.75 Å². The first-order chi connectivity index (χ1) is 11.0. The zero-order valence-electron chi connectivity index (χ0n) is 12.2. The van der Waals surface area contributed by atoms with Crippen molar-refractivity contribution in [3.8, 4) is 5.75 Å². The van der Waals surface area contributed by atoms with Gasteiger partial charge in [-0.2, -0.15) is 0 Å². The molecule has 0 saturated heterocycles. The topological polar surface area (TPSA) is 59.5 Å². The van der Waals surface area contributed by atoms with Crippen molar-refractivity contribution in [2.75, 3.05) is 12.0 Å². The van der Waals surface area contributed by atoms with Crippen molar-refractivity contribution in [1.29, 1.82) is 0 Å². The van der Waals surface area contributed by atoms with E-state index in [0.29, 0.717) is 38.8 Å². The van der Waals surface area contributed by atoms with Gasteiger partial charge in [-0.3, -0.25) is 14.6 Å². The maximum Gasteiger partial charge on any atom is 0.265 e. The molecule has 0 atom stereocenters. The number of halogens is 2. The molecule has 0 aliphatic carbocycles. The van der Waals surface area contributed by atoms with Crippen LogP contribution >= 0.6 is 31.9 Å². The number of pyridine rings is 1. The molecule has 0 N–H and O–H groups in total. The summed E-state index contributed by atoms with van der Waals surface area (Å²) in [4.78, 5) is 30.4. The van der Waals surface area contributed by atoms with Gasteiger partial charge in [0.2, 0.25) is 5.91 Å². The van der Waals surface area contributed by atoms with Gasteiger partial charge in [-0.05, 0) is 62.0 Å². The van der Waals surface area contributed by atoms with Gasteiger partial charge in [-0.25, -0.2) is 4.90 Å². The number of benzene rings is 1. The molecule has 0 fully saturated rings. The van der Waals surface area contributed by atoms with Gasteiger partial charge in [0, 0.05) is 18.2 Å². The molecule has 2 heterocycles. The number of ether oxygens (including phenoxy) is 1. The van der Waals surface area contributed by atoms with Crippen LogP contribution in [0.3, 0.4) is 0 Å². The summed E-state index contributed by atoms with van der Waals surface area (Å²) in [6.45, 7) is 0. The van der Waals surface area contributed by atoms with Crippen LogP contribution in [0.15, 0.2) is 39.5 Å². The number of nitrogens with zero attached hydrogens (tertiary/aromatic N) is 2. The number of anilines is 1. The number of methoxy groups -OCH3 is 1. The lowest BCUT2D eigenvalue weighted by atomic mass is 10.0. The molecule has 5 nitrogen and oxygen atoms in total. The first kappa shape index (κ1) is 16.1. The van der Waals surface area contributed by atoms with E-state index in [1.807, 2.05) is 6.07 Å².